The number of fused-ring (bicyclic) bond motifs is 1. The first-order chi connectivity index (χ1) is 9.65. The average Bonchev–Trinajstić information content (AvgIpc) is 2.48. The Bertz CT molecular complexity index is 845. The lowest BCUT2D eigenvalue weighted by Gasteiger charge is -2.07. The maximum atomic E-state index is 12.0. The fourth-order valence-electron chi connectivity index (χ4n) is 1.98. The van der Waals surface area contributed by atoms with Crippen LogP contribution in [0.1, 0.15) is 5.56 Å². The van der Waals surface area contributed by atoms with Crippen LogP contribution in [0, 0.1) is 0 Å². The molecule has 1 aromatic carbocycles. The van der Waals surface area contributed by atoms with Crippen molar-refractivity contribution in [2.75, 3.05) is 0 Å². The molecule has 4 nitrogen and oxygen atoms in total. The smallest absolute Gasteiger partial charge is 0.273 e. The molecule has 3 rings (SSSR count). The highest BCUT2D eigenvalue weighted by molar-refractivity contribution is 6.40. The van der Waals surface area contributed by atoms with E-state index in [1.54, 1.807) is 6.20 Å². The number of hydrogen-bond acceptors (Lipinski definition) is 3. The molecule has 0 saturated carbocycles. The molecule has 20 heavy (non-hydrogen) atoms. The Morgan fingerprint density at radius 1 is 1.15 bits per heavy atom. The van der Waals surface area contributed by atoms with Gasteiger partial charge in [0, 0.05) is 11.6 Å². The van der Waals surface area contributed by atoms with Crippen molar-refractivity contribution >= 4 is 34.1 Å². The lowest BCUT2D eigenvalue weighted by molar-refractivity contribution is 0.737. The van der Waals surface area contributed by atoms with Crippen LogP contribution in [0.15, 0.2) is 47.7 Å². The highest BCUT2D eigenvalue weighted by Crippen LogP contribution is 2.15. The molecule has 6 heteroatoms. The van der Waals surface area contributed by atoms with Gasteiger partial charge in [-0.3, -0.25) is 14.3 Å². The van der Waals surface area contributed by atoms with E-state index < -0.39 is 0 Å². The van der Waals surface area contributed by atoms with E-state index in [0.29, 0.717) is 6.54 Å². The number of nitrogens with zero attached hydrogens (tertiary/aromatic N) is 3. The summed E-state index contributed by atoms with van der Waals surface area (Å²) in [5, 5.41) is 0.985. The Labute approximate surface area is 124 Å². The van der Waals surface area contributed by atoms with E-state index in [1.807, 2.05) is 30.3 Å². The van der Waals surface area contributed by atoms with E-state index in [4.69, 9.17) is 23.2 Å². The summed E-state index contributed by atoms with van der Waals surface area (Å²) in [5.41, 5.74) is 1.53. The summed E-state index contributed by atoms with van der Waals surface area (Å²) in [5.74, 6) is 0. The van der Waals surface area contributed by atoms with E-state index >= 15 is 0 Å². The summed E-state index contributed by atoms with van der Waals surface area (Å²) >= 11 is 11.5. The summed E-state index contributed by atoms with van der Waals surface area (Å²) in [6.07, 6.45) is 3.14. The van der Waals surface area contributed by atoms with Gasteiger partial charge in [0.15, 0.2) is 5.15 Å². The van der Waals surface area contributed by atoms with E-state index in [9.17, 15) is 4.79 Å². The third-order valence-electron chi connectivity index (χ3n) is 2.96. The maximum Gasteiger partial charge on any atom is 0.273 e. The fourth-order valence-corrected chi connectivity index (χ4v) is 2.26. The summed E-state index contributed by atoms with van der Waals surface area (Å²) in [7, 11) is 0. The zero-order valence-electron chi connectivity index (χ0n) is 10.3. The normalized spacial score (nSPS) is 10.9. The fraction of sp³-hybridized carbons (Fsp3) is 0.0714. The predicted octanol–water partition coefficient (Wildman–Crippen LogP) is 3.15. The summed E-state index contributed by atoms with van der Waals surface area (Å²) in [6, 6.07) is 9.67. The number of rotatable bonds is 2. The minimum absolute atomic E-state index is 0.0237. The molecule has 0 aliphatic rings. The topological polar surface area (TPSA) is 47.8 Å². The third-order valence-corrected chi connectivity index (χ3v) is 3.68. The zero-order valence-corrected chi connectivity index (χ0v) is 11.8. The van der Waals surface area contributed by atoms with Crippen molar-refractivity contribution < 1.29 is 0 Å². The van der Waals surface area contributed by atoms with Gasteiger partial charge in [-0.25, -0.2) is 4.98 Å². The van der Waals surface area contributed by atoms with E-state index in [2.05, 4.69) is 9.97 Å². The van der Waals surface area contributed by atoms with Crippen LogP contribution in [0.5, 0.6) is 0 Å². The van der Waals surface area contributed by atoms with Crippen molar-refractivity contribution in [2.45, 2.75) is 6.54 Å². The Hall–Kier alpha value is -1.91. The monoisotopic (exact) mass is 305 g/mol. The van der Waals surface area contributed by atoms with Crippen molar-refractivity contribution in [2.24, 2.45) is 0 Å². The minimum Gasteiger partial charge on any atom is -0.293 e. The molecule has 2 heterocycles. The van der Waals surface area contributed by atoms with Crippen LogP contribution in [-0.4, -0.2) is 14.5 Å². The molecule has 0 radical (unpaired) electrons. The van der Waals surface area contributed by atoms with E-state index in [-0.39, 0.29) is 15.7 Å². The van der Waals surface area contributed by atoms with Gasteiger partial charge >= 0.3 is 0 Å². The molecule has 0 saturated heterocycles. The summed E-state index contributed by atoms with van der Waals surface area (Å²) < 4.78 is 1.42. The van der Waals surface area contributed by atoms with Crippen molar-refractivity contribution in [1.82, 2.24) is 14.5 Å². The van der Waals surface area contributed by atoms with Gasteiger partial charge < -0.3 is 0 Å². The molecular formula is C14H9Cl2N3O. The van der Waals surface area contributed by atoms with Gasteiger partial charge in [-0.05, 0) is 23.8 Å². The SMILES string of the molecule is O=c1c(Cl)c(Cl)ncn1Cc1ccc2ncccc2c1. The van der Waals surface area contributed by atoms with Crippen LogP contribution in [0.3, 0.4) is 0 Å². The van der Waals surface area contributed by atoms with Crippen LogP contribution in [0.2, 0.25) is 10.2 Å². The first kappa shape index (κ1) is 13.1. The molecule has 0 spiro atoms. The number of benzene rings is 1. The van der Waals surface area contributed by atoms with Gasteiger partial charge in [0.25, 0.3) is 5.56 Å². The van der Waals surface area contributed by atoms with Crippen LogP contribution in [0.4, 0.5) is 0 Å². The van der Waals surface area contributed by atoms with Crippen molar-refractivity contribution in [3.05, 3.63) is 68.9 Å². The maximum absolute atomic E-state index is 12.0. The lowest BCUT2D eigenvalue weighted by atomic mass is 10.1. The lowest BCUT2D eigenvalue weighted by Crippen LogP contribution is -2.21. The van der Waals surface area contributed by atoms with E-state index in [1.165, 1.54) is 10.9 Å². The molecule has 0 aliphatic carbocycles. The molecule has 0 atom stereocenters. The van der Waals surface area contributed by atoms with Gasteiger partial charge in [0.1, 0.15) is 5.02 Å². The second kappa shape index (κ2) is 5.23. The van der Waals surface area contributed by atoms with Crippen LogP contribution >= 0.6 is 23.2 Å². The second-order valence-corrected chi connectivity index (χ2v) is 5.05. The molecule has 100 valence electrons. The Morgan fingerprint density at radius 3 is 2.85 bits per heavy atom. The number of pyridine rings is 1. The van der Waals surface area contributed by atoms with Gasteiger partial charge in [-0.2, -0.15) is 0 Å². The van der Waals surface area contributed by atoms with Crippen molar-refractivity contribution in [3.63, 3.8) is 0 Å². The van der Waals surface area contributed by atoms with Gasteiger partial charge in [0.05, 0.1) is 18.4 Å². The van der Waals surface area contributed by atoms with Crippen LogP contribution < -0.4 is 5.56 Å². The van der Waals surface area contributed by atoms with Crippen molar-refractivity contribution in [1.29, 1.82) is 0 Å². The van der Waals surface area contributed by atoms with Gasteiger partial charge in [-0.15, -0.1) is 0 Å². The second-order valence-electron chi connectivity index (χ2n) is 4.31. The molecule has 0 bridgehead atoms. The first-order valence-corrected chi connectivity index (χ1v) is 6.65. The number of aromatic nitrogens is 3. The average molecular weight is 306 g/mol. The largest absolute Gasteiger partial charge is 0.293 e. The number of halogens is 2. The van der Waals surface area contributed by atoms with Crippen LogP contribution in [-0.2, 0) is 6.54 Å². The highest BCUT2D eigenvalue weighted by atomic mass is 35.5. The predicted molar refractivity (Wildman–Crippen MR) is 79.4 cm³/mol. The molecule has 0 aliphatic heterocycles. The molecular weight excluding hydrogens is 297 g/mol. The molecule has 0 fully saturated rings. The Balaban J connectivity index is 2.01. The Kier molecular flexibility index (Phi) is 3.42. The number of hydrogen-bond donors (Lipinski definition) is 0. The minimum atomic E-state index is -0.349. The Morgan fingerprint density at radius 2 is 2.00 bits per heavy atom. The molecule has 0 amide bonds. The quantitative estimate of drug-likeness (QED) is 0.683. The standard InChI is InChI=1S/C14H9Cl2N3O/c15-12-13(16)18-8-19(14(12)20)7-9-3-4-11-10(6-9)2-1-5-17-11/h1-6,8H,7H2. The van der Waals surface area contributed by atoms with Crippen molar-refractivity contribution in [3.8, 4) is 0 Å². The summed E-state index contributed by atoms with van der Waals surface area (Å²) in [4.78, 5) is 20.1. The van der Waals surface area contributed by atoms with Crippen LogP contribution in [0.25, 0.3) is 10.9 Å². The highest BCUT2D eigenvalue weighted by Gasteiger charge is 2.08. The molecule has 0 unspecified atom stereocenters. The van der Waals surface area contributed by atoms with Gasteiger partial charge in [0.2, 0.25) is 0 Å². The third kappa shape index (κ3) is 2.40. The molecule has 3 aromatic rings. The molecule has 2 aromatic heterocycles. The van der Waals surface area contributed by atoms with E-state index in [0.717, 1.165) is 16.5 Å². The zero-order chi connectivity index (χ0) is 14.1. The summed E-state index contributed by atoms with van der Waals surface area (Å²) in [6.45, 7) is 0.382. The molecule has 0 N–H and O–H groups in total. The van der Waals surface area contributed by atoms with Gasteiger partial charge in [-0.1, -0.05) is 35.3 Å². The first-order valence-electron chi connectivity index (χ1n) is 5.89.